The molecule has 0 fully saturated rings. The lowest BCUT2D eigenvalue weighted by atomic mass is 10.5. The van der Waals surface area contributed by atoms with E-state index in [1.165, 1.54) is 20.5 Å². The molecule has 2 N–H and O–H groups in total. The molecule has 17 heavy (non-hydrogen) atoms. The number of aromatic nitrogens is 2. The molecule has 0 saturated heterocycles. The van der Waals surface area contributed by atoms with Crippen LogP contribution in [0, 0.1) is 0 Å². The summed E-state index contributed by atoms with van der Waals surface area (Å²) in [6.07, 6.45) is 1.26. The van der Waals surface area contributed by atoms with Crippen LogP contribution < -0.4 is 14.8 Å². The Morgan fingerprint density at radius 1 is 1.47 bits per heavy atom. The Hall–Kier alpha value is -1.12. The summed E-state index contributed by atoms with van der Waals surface area (Å²) >= 11 is 5.78. The molecule has 0 unspecified atom stereocenters. The standard InChI is InChI=1S/C8H13ClN4O3S/c1-10-17(14,15)4-3-11-8-6(16-2)7(9)12-5-13-8/h5,10H,3-4H2,1-2H3,(H,11,12,13). The number of hydrogen-bond acceptors (Lipinski definition) is 6. The molecule has 0 atom stereocenters. The highest BCUT2D eigenvalue weighted by Gasteiger charge is 2.11. The van der Waals surface area contributed by atoms with Gasteiger partial charge in [-0.3, -0.25) is 0 Å². The van der Waals surface area contributed by atoms with Gasteiger partial charge in [0.2, 0.25) is 10.0 Å². The second kappa shape index (κ2) is 5.99. The number of halogens is 1. The first-order valence-electron chi connectivity index (χ1n) is 4.69. The van der Waals surface area contributed by atoms with Gasteiger partial charge in [0.05, 0.1) is 12.9 Å². The van der Waals surface area contributed by atoms with Crippen molar-refractivity contribution in [2.75, 3.05) is 31.8 Å². The van der Waals surface area contributed by atoms with E-state index in [1.807, 2.05) is 0 Å². The Morgan fingerprint density at radius 3 is 2.76 bits per heavy atom. The quantitative estimate of drug-likeness (QED) is 0.718. The van der Waals surface area contributed by atoms with Crippen LogP contribution in [0.4, 0.5) is 5.82 Å². The minimum atomic E-state index is -3.25. The monoisotopic (exact) mass is 280 g/mol. The first-order chi connectivity index (χ1) is 8.00. The maximum Gasteiger partial charge on any atom is 0.213 e. The average Bonchev–Trinajstić information content (AvgIpc) is 2.29. The van der Waals surface area contributed by atoms with Crippen molar-refractivity contribution in [1.29, 1.82) is 0 Å². The molecule has 0 aliphatic rings. The van der Waals surface area contributed by atoms with Crippen LogP contribution >= 0.6 is 11.6 Å². The predicted octanol–water partition coefficient (Wildman–Crippen LogP) is 0.0997. The molecule has 0 spiro atoms. The largest absolute Gasteiger partial charge is 0.490 e. The van der Waals surface area contributed by atoms with E-state index < -0.39 is 10.0 Å². The highest BCUT2D eigenvalue weighted by molar-refractivity contribution is 7.89. The van der Waals surface area contributed by atoms with Gasteiger partial charge in [0.1, 0.15) is 6.33 Å². The van der Waals surface area contributed by atoms with Crippen LogP contribution in [0.1, 0.15) is 0 Å². The van der Waals surface area contributed by atoms with Crippen LogP contribution in [0.5, 0.6) is 5.75 Å². The highest BCUT2D eigenvalue weighted by atomic mass is 35.5. The van der Waals surface area contributed by atoms with Crippen molar-refractivity contribution in [1.82, 2.24) is 14.7 Å². The Balaban J connectivity index is 2.67. The third-order valence-corrected chi connectivity index (χ3v) is 3.57. The Kier molecular flexibility index (Phi) is 4.91. The summed E-state index contributed by atoms with van der Waals surface area (Å²) in [5.41, 5.74) is 0. The fourth-order valence-electron chi connectivity index (χ4n) is 1.06. The van der Waals surface area contributed by atoms with E-state index >= 15 is 0 Å². The first kappa shape index (κ1) is 13.9. The maximum atomic E-state index is 11.2. The summed E-state index contributed by atoms with van der Waals surface area (Å²) in [7, 11) is -0.460. The zero-order valence-electron chi connectivity index (χ0n) is 9.40. The number of nitrogens with zero attached hydrogens (tertiary/aromatic N) is 2. The van der Waals surface area contributed by atoms with Gasteiger partial charge in [-0.05, 0) is 7.05 Å². The topological polar surface area (TPSA) is 93.2 Å². The molecule has 9 heteroatoms. The minimum absolute atomic E-state index is 0.0751. The summed E-state index contributed by atoms with van der Waals surface area (Å²) in [5, 5.41) is 2.98. The number of ether oxygens (including phenoxy) is 1. The molecule has 7 nitrogen and oxygen atoms in total. The normalized spacial score (nSPS) is 11.2. The van der Waals surface area contributed by atoms with Crippen molar-refractivity contribution in [2.45, 2.75) is 0 Å². The Bertz CT molecular complexity index is 480. The highest BCUT2D eigenvalue weighted by Crippen LogP contribution is 2.27. The molecular formula is C8H13ClN4O3S. The van der Waals surface area contributed by atoms with Crippen molar-refractivity contribution >= 4 is 27.4 Å². The lowest BCUT2D eigenvalue weighted by molar-refractivity contribution is 0.413. The van der Waals surface area contributed by atoms with Gasteiger partial charge >= 0.3 is 0 Å². The number of sulfonamides is 1. The summed E-state index contributed by atoms with van der Waals surface area (Å²) < 4.78 is 29.5. The molecule has 1 heterocycles. The molecule has 0 bridgehead atoms. The van der Waals surface area contributed by atoms with Crippen LogP contribution in [-0.4, -0.2) is 44.8 Å². The smallest absolute Gasteiger partial charge is 0.213 e. The average molecular weight is 281 g/mol. The van der Waals surface area contributed by atoms with Gasteiger partial charge in [-0.2, -0.15) is 0 Å². The number of methoxy groups -OCH3 is 1. The number of nitrogens with one attached hydrogen (secondary N) is 2. The van der Waals surface area contributed by atoms with Gasteiger partial charge in [0.15, 0.2) is 16.7 Å². The maximum absolute atomic E-state index is 11.2. The molecule has 0 saturated carbocycles. The van der Waals surface area contributed by atoms with Crippen molar-refractivity contribution in [3.63, 3.8) is 0 Å². The van der Waals surface area contributed by atoms with E-state index in [1.54, 1.807) is 0 Å². The van der Waals surface area contributed by atoms with Crippen molar-refractivity contribution in [3.8, 4) is 5.75 Å². The fourth-order valence-corrected chi connectivity index (χ4v) is 1.85. The minimum Gasteiger partial charge on any atom is -0.490 e. The molecule has 0 radical (unpaired) electrons. The van der Waals surface area contributed by atoms with Crippen molar-refractivity contribution in [2.24, 2.45) is 0 Å². The molecule has 0 aliphatic carbocycles. The van der Waals surface area contributed by atoms with Crippen LogP contribution in [0.25, 0.3) is 0 Å². The van der Waals surface area contributed by atoms with E-state index in [-0.39, 0.29) is 23.2 Å². The molecule has 0 aromatic carbocycles. The van der Waals surface area contributed by atoms with E-state index in [0.717, 1.165) is 0 Å². The van der Waals surface area contributed by atoms with Crippen LogP contribution in [-0.2, 0) is 10.0 Å². The molecule has 1 rings (SSSR count). The van der Waals surface area contributed by atoms with Crippen LogP contribution in [0.3, 0.4) is 0 Å². The van der Waals surface area contributed by atoms with Gasteiger partial charge in [0.25, 0.3) is 0 Å². The number of hydrogen-bond donors (Lipinski definition) is 2. The molecule has 96 valence electrons. The SMILES string of the molecule is CNS(=O)(=O)CCNc1ncnc(Cl)c1OC. The summed E-state index contributed by atoms with van der Waals surface area (Å²) in [6.45, 7) is 0.187. The van der Waals surface area contributed by atoms with Crippen molar-refractivity contribution < 1.29 is 13.2 Å². The molecule has 0 amide bonds. The van der Waals surface area contributed by atoms with E-state index in [9.17, 15) is 8.42 Å². The van der Waals surface area contributed by atoms with Gasteiger partial charge in [-0.15, -0.1) is 0 Å². The van der Waals surface area contributed by atoms with Gasteiger partial charge in [0, 0.05) is 6.54 Å². The summed E-state index contributed by atoms with van der Waals surface area (Å²) in [6, 6.07) is 0. The lowest BCUT2D eigenvalue weighted by Gasteiger charge is -2.10. The zero-order chi connectivity index (χ0) is 12.9. The van der Waals surface area contributed by atoms with E-state index in [0.29, 0.717) is 5.82 Å². The summed E-state index contributed by atoms with van der Waals surface area (Å²) in [4.78, 5) is 7.65. The second-order valence-electron chi connectivity index (χ2n) is 3.00. The van der Waals surface area contributed by atoms with E-state index in [2.05, 4.69) is 20.0 Å². The van der Waals surface area contributed by atoms with Gasteiger partial charge in [-0.25, -0.2) is 23.1 Å². The third-order valence-electron chi connectivity index (χ3n) is 1.94. The lowest BCUT2D eigenvalue weighted by Crippen LogP contribution is -2.26. The second-order valence-corrected chi connectivity index (χ2v) is 5.40. The Labute approximate surface area is 105 Å². The Morgan fingerprint density at radius 2 is 2.18 bits per heavy atom. The molecular weight excluding hydrogens is 268 g/mol. The van der Waals surface area contributed by atoms with Gasteiger partial charge < -0.3 is 10.1 Å². The number of rotatable bonds is 6. The van der Waals surface area contributed by atoms with Gasteiger partial charge in [-0.1, -0.05) is 11.6 Å². The zero-order valence-corrected chi connectivity index (χ0v) is 11.0. The third kappa shape index (κ3) is 3.99. The molecule has 1 aromatic rings. The molecule has 0 aliphatic heterocycles. The van der Waals surface area contributed by atoms with Crippen LogP contribution in [0.15, 0.2) is 6.33 Å². The number of anilines is 1. The predicted molar refractivity (Wildman–Crippen MR) is 64.9 cm³/mol. The van der Waals surface area contributed by atoms with Crippen LogP contribution in [0.2, 0.25) is 5.15 Å². The van der Waals surface area contributed by atoms with E-state index in [4.69, 9.17) is 16.3 Å². The molecule has 1 aromatic heterocycles. The summed E-state index contributed by atoms with van der Waals surface area (Å²) in [5.74, 6) is 0.573. The fraction of sp³-hybridized carbons (Fsp3) is 0.500. The van der Waals surface area contributed by atoms with Crippen molar-refractivity contribution in [3.05, 3.63) is 11.5 Å². The first-order valence-corrected chi connectivity index (χ1v) is 6.72.